The Morgan fingerprint density at radius 3 is 2.14 bits per heavy atom. The van der Waals surface area contributed by atoms with Crippen LogP contribution in [0.5, 0.6) is 0 Å². The Hall–Kier alpha value is -1.15. The number of carbonyl (C=O) groups excluding carboxylic acids is 1. The van der Waals surface area contributed by atoms with Gasteiger partial charge in [-0.1, -0.05) is 0 Å². The Labute approximate surface area is 124 Å². The van der Waals surface area contributed by atoms with Crippen molar-refractivity contribution in [3.8, 4) is 0 Å². The molecule has 7 nitrogen and oxygen atoms in total. The topological polar surface area (TPSA) is 104 Å². The van der Waals surface area contributed by atoms with Crippen molar-refractivity contribution in [1.82, 2.24) is 9.62 Å². The summed E-state index contributed by atoms with van der Waals surface area (Å²) in [6.07, 6.45) is 3.97. The highest BCUT2D eigenvalue weighted by atomic mass is 32.2. The number of likely N-dealkylation sites (tertiary alicyclic amines) is 1. The summed E-state index contributed by atoms with van der Waals surface area (Å²) in [6.45, 7) is 1.06. The van der Waals surface area contributed by atoms with E-state index in [1.807, 2.05) is 0 Å². The van der Waals surface area contributed by atoms with Gasteiger partial charge in [0.05, 0.1) is 12.2 Å². The third kappa shape index (κ3) is 4.41. The quantitative estimate of drug-likeness (QED) is 0.761. The predicted molar refractivity (Wildman–Crippen MR) is 76.0 cm³/mol. The lowest BCUT2D eigenvalue weighted by Gasteiger charge is -2.33. The van der Waals surface area contributed by atoms with Gasteiger partial charge in [0, 0.05) is 25.0 Å². The van der Waals surface area contributed by atoms with E-state index in [4.69, 9.17) is 5.11 Å². The van der Waals surface area contributed by atoms with Crippen molar-refractivity contribution in [3.05, 3.63) is 0 Å². The van der Waals surface area contributed by atoms with Crippen molar-refractivity contribution >= 4 is 21.9 Å². The molecule has 1 saturated carbocycles. The van der Waals surface area contributed by atoms with E-state index in [0.717, 1.165) is 6.26 Å². The molecule has 0 bridgehead atoms. The summed E-state index contributed by atoms with van der Waals surface area (Å²) in [6, 6.07) is -0.112. The Kier molecular flexibility index (Phi) is 4.88. The van der Waals surface area contributed by atoms with E-state index < -0.39 is 21.9 Å². The van der Waals surface area contributed by atoms with E-state index in [1.165, 1.54) is 0 Å². The van der Waals surface area contributed by atoms with E-state index in [9.17, 15) is 18.0 Å². The van der Waals surface area contributed by atoms with Crippen molar-refractivity contribution in [1.29, 1.82) is 0 Å². The Bertz CT molecular complexity index is 511. The number of hydrogen-bond acceptors (Lipinski definition) is 4. The fraction of sp³-hybridized carbons (Fsp3) is 0.846. The number of sulfonamides is 1. The van der Waals surface area contributed by atoms with Crippen LogP contribution in [0.2, 0.25) is 0 Å². The van der Waals surface area contributed by atoms with Gasteiger partial charge >= 0.3 is 5.97 Å². The van der Waals surface area contributed by atoms with Crippen LogP contribution in [-0.2, 0) is 19.6 Å². The third-order valence-electron chi connectivity index (χ3n) is 4.32. The molecule has 0 aromatic heterocycles. The van der Waals surface area contributed by atoms with Crippen LogP contribution < -0.4 is 4.72 Å². The molecule has 1 heterocycles. The molecule has 21 heavy (non-hydrogen) atoms. The van der Waals surface area contributed by atoms with Crippen LogP contribution in [-0.4, -0.2) is 55.7 Å². The number of nitrogens with zero attached hydrogens (tertiary/aromatic N) is 1. The van der Waals surface area contributed by atoms with Gasteiger partial charge < -0.3 is 10.0 Å². The average Bonchev–Trinajstić information content (AvgIpc) is 2.86. The van der Waals surface area contributed by atoms with Gasteiger partial charge in [-0.2, -0.15) is 0 Å². The lowest BCUT2D eigenvalue weighted by molar-refractivity contribution is -0.141. The second-order valence-electron chi connectivity index (χ2n) is 6.03. The summed E-state index contributed by atoms with van der Waals surface area (Å²) in [5, 5.41) is 8.98. The number of carboxylic acid groups (broad SMARTS) is 1. The monoisotopic (exact) mass is 318 g/mol. The normalized spacial score (nSPS) is 27.8. The fourth-order valence-electron chi connectivity index (χ4n) is 3.21. The van der Waals surface area contributed by atoms with Crippen molar-refractivity contribution in [2.75, 3.05) is 19.3 Å². The highest BCUT2D eigenvalue weighted by molar-refractivity contribution is 7.88. The average molecular weight is 318 g/mol. The number of carbonyl (C=O) groups is 2. The predicted octanol–water partition coefficient (Wildman–Crippen LogP) is 0.0275. The number of amides is 1. The molecule has 2 rings (SSSR count). The first-order chi connectivity index (χ1) is 9.76. The van der Waals surface area contributed by atoms with E-state index in [0.29, 0.717) is 45.2 Å². The summed E-state index contributed by atoms with van der Waals surface area (Å²) in [5.74, 6) is -1.38. The largest absolute Gasteiger partial charge is 0.481 e. The first-order valence-corrected chi connectivity index (χ1v) is 9.14. The standard InChI is InChI=1S/C13H22N2O5S/c1-21(19,20)14-11-4-6-15(7-5-11)12(16)9-2-3-10(8-9)13(17)18/h9-11,14H,2-8H2,1H3,(H,17,18)/t9-,10+/m1/s1. The highest BCUT2D eigenvalue weighted by Gasteiger charge is 2.36. The van der Waals surface area contributed by atoms with E-state index in [-0.39, 0.29) is 17.9 Å². The number of piperidine rings is 1. The minimum atomic E-state index is -3.21. The summed E-state index contributed by atoms with van der Waals surface area (Å²) in [5.41, 5.74) is 0. The van der Waals surface area contributed by atoms with Gasteiger partial charge in [0.2, 0.25) is 15.9 Å². The number of nitrogens with one attached hydrogen (secondary N) is 1. The molecule has 2 aliphatic rings. The molecule has 120 valence electrons. The molecule has 1 aliphatic carbocycles. The smallest absolute Gasteiger partial charge is 0.306 e. The minimum absolute atomic E-state index is 0.0246. The summed E-state index contributed by atoms with van der Waals surface area (Å²) >= 11 is 0. The van der Waals surface area contributed by atoms with Crippen LogP contribution in [0.1, 0.15) is 32.1 Å². The van der Waals surface area contributed by atoms with E-state index >= 15 is 0 Å². The number of aliphatic carboxylic acids is 1. The molecule has 2 fully saturated rings. The maximum atomic E-state index is 12.4. The molecule has 2 atom stereocenters. The van der Waals surface area contributed by atoms with Crippen molar-refractivity contribution < 1.29 is 23.1 Å². The molecular formula is C13H22N2O5S. The van der Waals surface area contributed by atoms with Gasteiger partial charge in [-0.3, -0.25) is 9.59 Å². The zero-order valence-corrected chi connectivity index (χ0v) is 12.9. The van der Waals surface area contributed by atoms with Crippen LogP contribution in [0.25, 0.3) is 0 Å². The van der Waals surface area contributed by atoms with Crippen molar-refractivity contribution in [3.63, 3.8) is 0 Å². The van der Waals surface area contributed by atoms with Crippen molar-refractivity contribution in [2.24, 2.45) is 11.8 Å². The number of rotatable bonds is 4. The van der Waals surface area contributed by atoms with Gasteiger partial charge in [-0.25, -0.2) is 13.1 Å². The van der Waals surface area contributed by atoms with Gasteiger partial charge in [0.1, 0.15) is 0 Å². The molecule has 1 saturated heterocycles. The molecule has 1 aliphatic heterocycles. The molecule has 8 heteroatoms. The first-order valence-electron chi connectivity index (χ1n) is 7.25. The van der Waals surface area contributed by atoms with Crippen LogP contribution in [0, 0.1) is 11.8 Å². The van der Waals surface area contributed by atoms with Crippen LogP contribution in [0.4, 0.5) is 0 Å². The number of hydrogen-bond donors (Lipinski definition) is 2. The van der Waals surface area contributed by atoms with Crippen LogP contribution in [0.15, 0.2) is 0 Å². The SMILES string of the molecule is CS(=O)(=O)NC1CCN(C(=O)[C@@H]2CC[C@H](C(=O)O)C2)CC1. The molecule has 2 N–H and O–H groups in total. The maximum Gasteiger partial charge on any atom is 0.306 e. The zero-order chi connectivity index (χ0) is 15.6. The minimum Gasteiger partial charge on any atom is -0.481 e. The van der Waals surface area contributed by atoms with Gasteiger partial charge in [0.25, 0.3) is 0 Å². The zero-order valence-electron chi connectivity index (χ0n) is 12.1. The molecule has 0 aromatic carbocycles. The maximum absolute atomic E-state index is 12.4. The Balaban J connectivity index is 1.82. The fourth-order valence-corrected chi connectivity index (χ4v) is 4.05. The molecule has 0 aromatic rings. The molecular weight excluding hydrogens is 296 g/mol. The molecule has 1 amide bonds. The Morgan fingerprint density at radius 1 is 1.10 bits per heavy atom. The second kappa shape index (κ2) is 6.31. The second-order valence-corrected chi connectivity index (χ2v) is 7.81. The molecule has 0 radical (unpaired) electrons. The third-order valence-corrected chi connectivity index (χ3v) is 5.08. The Morgan fingerprint density at radius 2 is 1.67 bits per heavy atom. The van der Waals surface area contributed by atoms with Gasteiger partial charge in [-0.15, -0.1) is 0 Å². The lowest BCUT2D eigenvalue weighted by Crippen LogP contribution is -2.47. The summed E-state index contributed by atoms with van der Waals surface area (Å²) < 4.78 is 24.9. The lowest BCUT2D eigenvalue weighted by atomic mass is 10.0. The first kappa shape index (κ1) is 16.2. The highest BCUT2D eigenvalue weighted by Crippen LogP contribution is 2.33. The number of carboxylic acids is 1. The van der Waals surface area contributed by atoms with Crippen LogP contribution >= 0.6 is 0 Å². The summed E-state index contributed by atoms with van der Waals surface area (Å²) in [4.78, 5) is 25.0. The van der Waals surface area contributed by atoms with Gasteiger partial charge in [-0.05, 0) is 32.1 Å². The summed E-state index contributed by atoms with van der Waals surface area (Å²) in [7, 11) is -3.21. The molecule has 0 unspecified atom stereocenters. The molecule has 0 spiro atoms. The van der Waals surface area contributed by atoms with Crippen molar-refractivity contribution in [2.45, 2.75) is 38.1 Å². The van der Waals surface area contributed by atoms with E-state index in [2.05, 4.69) is 4.72 Å². The van der Waals surface area contributed by atoms with E-state index in [1.54, 1.807) is 4.90 Å². The van der Waals surface area contributed by atoms with Gasteiger partial charge in [0.15, 0.2) is 0 Å². The van der Waals surface area contributed by atoms with Crippen LogP contribution in [0.3, 0.4) is 0 Å².